The van der Waals surface area contributed by atoms with E-state index in [0.29, 0.717) is 22.7 Å². The number of hydrogen-bond acceptors (Lipinski definition) is 4. The molecule has 1 aliphatic rings. The lowest BCUT2D eigenvalue weighted by Crippen LogP contribution is -2.28. The fourth-order valence-electron chi connectivity index (χ4n) is 3.82. The van der Waals surface area contributed by atoms with Crippen LogP contribution in [0, 0.1) is 0 Å². The van der Waals surface area contributed by atoms with Crippen LogP contribution in [-0.2, 0) is 11.2 Å². The summed E-state index contributed by atoms with van der Waals surface area (Å²) in [5.41, 5.74) is 4.21. The SMILES string of the molecule is O=C(CSc1nc2c(-c3ccccc3)c[nH]c2c(=O)n1C1CC1)NCCc1ccccc1. The minimum absolute atomic E-state index is 0.0556. The van der Waals surface area contributed by atoms with Crippen LogP contribution in [0.15, 0.2) is 76.8 Å². The minimum Gasteiger partial charge on any atom is -0.355 e. The standard InChI is InChI=1S/C25H24N4O2S/c30-21(26-14-13-17-7-3-1-4-8-17)16-32-25-28-22-20(18-9-5-2-6-10-18)15-27-23(22)24(31)29(25)19-11-12-19/h1-10,15,19,27H,11-14,16H2,(H,26,30). The maximum absolute atomic E-state index is 13.2. The van der Waals surface area contributed by atoms with Gasteiger partial charge in [-0.05, 0) is 30.4 Å². The van der Waals surface area contributed by atoms with E-state index in [1.807, 2.05) is 54.7 Å². The first kappa shape index (κ1) is 20.6. The Morgan fingerprint density at radius 2 is 1.81 bits per heavy atom. The van der Waals surface area contributed by atoms with Crippen LogP contribution < -0.4 is 10.9 Å². The second kappa shape index (κ2) is 9.04. The van der Waals surface area contributed by atoms with Crippen LogP contribution in [0.3, 0.4) is 0 Å². The van der Waals surface area contributed by atoms with Gasteiger partial charge in [0.2, 0.25) is 5.91 Å². The summed E-state index contributed by atoms with van der Waals surface area (Å²) >= 11 is 1.33. The van der Waals surface area contributed by atoms with Crippen molar-refractivity contribution in [1.82, 2.24) is 19.9 Å². The van der Waals surface area contributed by atoms with Gasteiger partial charge in [0, 0.05) is 24.3 Å². The second-order valence-electron chi connectivity index (χ2n) is 7.97. The number of carbonyl (C=O) groups is 1. The maximum Gasteiger partial charge on any atom is 0.278 e. The summed E-state index contributed by atoms with van der Waals surface area (Å²) in [6.07, 6.45) is 4.57. The number of aromatic nitrogens is 3. The Kier molecular flexibility index (Phi) is 5.81. The number of hydrogen-bond donors (Lipinski definition) is 2. The highest BCUT2D eigenvalue weighted by Crippen LogP contribution is 2.37. The Morgan fingerprint density at radius 1 is 1.09 bits per heavy atom. The van der Waals surface area contributed by atoms with E-state index in [1.54, 1.807) is 4.57 Å². The molecule has 0 unspecified atom stereocenters. The first-order chi connectivity index (χ1) is 15.7. The smallest absolute Gasteiger partial charge is 0.278 e. The van der Waals surface area contributed by atoms with E-state index in [4.69, 9.17) is 4.98 Å². The van der Waals surface area contributed by atoms with Crippen molar-refractivity contribution in [1.29, 1.82) is 0 Å². The summed E-state index contributed by atoms with van der Waals surface area (Å²) in [4.78, 5) is 33.6. The van der Waals surface area contributed by atoms with Gasteiger partial charge in [0.05, 0.1) is 5.75 Å². The molecule has 2 N–H and O–H groups in total. The number of fused-ring (bicyclic) bond motifs is 1. The number of H-pyrrole nitrogens is 1. The second-order valence-corrected chi connectivity index (χ2v) is 8.91. The van der Waals surface area contributed by atoms with E-state index >= 15 is 0 Å². The van der Waals surface area contributed by atoms with Crippen LogP contribution in [0.5, 0.6) is 0 Å². The molecule has 0 radical (unpaired) electrons. The number of aromatic amines is 1. The van der Waals surface area contributed by atoms with Crippen molar-refractivity contribution in [3.05, 3.63) is 82.8 Å². The van der Waals surface area contributed by atoms with Crippen molar-refractivity contribution in [2.24, 2.45) is 0 Å². The zero-order chi connectivity index (χ0) is 21.9. The number of thioether (sulfide) groups is 1. The Labute approximate surface area is 190 Å². The first-order valence-corrected chi connectivity index (χ1v) is 11.8. The fourth-order valence-corrected chi connectivity index (χ4v) is 4.71. The molecule has 7 heteroatoms. The molecular formula is C25H24N4O2S. The molecule has 0 atom stereocenters. The number of rotatable bonds is 8. The molecule has 1 fully saturated rings. The molecule has 1 amide bonds. The molecule has 0 saturated heterocycles. The highest BCUT2D eigenvalue weighted by atomic mass is 32.2. The molecule has 1 aliphatic carbocycles. The lowest BCUT2D eigenvalue weighted by Gasteiger charge is -2.12. The number of nitrogens with zero attached hydrogens (tertiary/aromatic N) is 2. The van der Waals surface area contributed by atoms with E-state index in [9.17, 15) is 9.59 Å². The van der Waals surface area contributed by atoms with E-state index in [2.05, 4.69) is 22.4 Å². The van der Waals surface area contributed by atoms with Crippen molar-refractivity contribution in [2.45, 2.75) is 30.5 Å². The van der Waals surface area contributed by atoms with Gasteiger partial charge in [-0.3, -0.25) is 14.2 Å². The predicted molar refractivity (Wildman–Crippen MR) is 128 cm³/mol. The molecule has 5 rings (SSSR count). The van der Waals surface area contributed by atoms with E-state index in [0.717, 1.165) is 30.4 Å². The third-order valence-electron chi connectivity index (χ3n) is 5.61. The average molecular weight is 445 g/mol. The lowest BCUT2D eigenvalue weighted by molar-refractivity contribution is -0.118. The number of amides is 1. The molecule has 1 saturated carbocycles. The van der Waals surface area contributed by atoms with Crippen molar-refractivity contribution >= 4 is 28.7 Å². The predicted octanol–water partition coefficient (Wildman–Crippen LogP) is 4.18. The van der Waals surface area contributed by atoms with Crippen LogP contribution >= 0.6 is 11.8 Å². The van der Waals surface area contributed by atoms with Crippen LogP contribution in [0.25, 0.3) is 22.2 Å². The van der Waals surface area contributed by atoms with Crippen LogP contribution in [0.4, 0.5) is 0 Å². The van der Waals surface area contributed by atoms with Crippen LogP contribution in [0.1, 0.15) is 24.4 Å². The number of nitrogens with one attached hydrogen (secondary N) is 2. The monoisotopic (exact) mass is 444 g/mol. The highest BCUT2D eigenvalue weighted by Gasteiger charge is 2.29. The van der Waals surface area contributed by atoms with Crippen molar-refractivity contribution in [2.75, 3.05) is 12.3 Å². The molecule has 0 aliphatic heterocycles. The summed E-state index contributed by atoms with van der Waals surface area (Å²) in [6, 6.07) is 20.2. The normalized spacial score (nSPS) is 13.4. The van der Waals surface area contributed by atoms with Gasteiger partial charge in [-0.15, -0.1) is 0 Å². The average Bonchev–Trinajstić information content (AvgIpc) is 3.57. The Bertz CT molecular complexity index is 1290. The largest absolute Gasteiger partial charge is 0.355 e. The summed E-state index contributed by atoms with van der Waals surface area (Å²) in [5, 5.41) is 3.58. The quantitative estimate of drug-likeness (QED) is 0.316. The van der Waals surface area contributed by atoms with Crippen molar-refractivity contribution in [3.8, 4) is 11.1 Å². The number of benzene rings is 2. The van der Waals surface area contributed by atoms with Gasteiger partial charge in [0.15, 0.2) is 5.16 Å². The van der Waals surface area contributed by atoms with Gasteiger partial charge in [-0.1, -0.05) is 72.4 Å². The first-order valence-electron chi connectivity index (χ1n) is 10.8. The number of carbonyl (C=O) groups excluding carboxylic acids is 1. The molecule has 162 valence electrons. The molecule has 0 spiro atoms. The lowest BCUT2D eigenvalue weighted by atomic mass is 10.1. The zero-order valence-electron chi connectivity index (χ0n) is 17.6. The van der Waals surface area contributed by atoms with Gasteiger partial charge >= 0.3 is 0 Å². The third kappa shape index (κ3) is 4.34. The highest BCUT2D eigenvalue weighted by molar-refractivity contribution is 7.99. The summed E-state index contributed by atoms with van der Waals surface area (Å²) in [5.74, 6) is 0.171. The van der Waals surface area contributed by atoms with Gasteiger partial charge in [0.25, 0.3) is 5.56 Å². The van der Waals surface area contributed by atoms with Gasteiger partial charge in [-0.2, -0.15) is 0 Å². The van der Waals surface area contributed by atoms with Crippen LogP contribution in [-0.4, -0.2) is 32.7 Å². The van der Waals surface area contributed by atoms with Crippen LogP contribution in [0.2, 0.25) is 0 Å². The summed E-state index contributed by atoms with van der Waals surface area (Å²) in [7, 11) is 0. The fraction of sp³-hybridized carbons (Fsp3) is 0.240. The molecule has 0 bridgehead atoms. The van der Waals surface area contributed by atoms with Crippen molar-refractivity contribution < 1.29 is 4.79 Å². The topological polar surface area (TPSA) is 79.8 Å². The summed E-state index contributed by atoms with van der Waals surface area (Å²) in [6.45, 7) is 0.585. The van der Waals surface area contributed by atoms with E-state index in [-0.39, 0.29) is 23.3 Å². The maximum atomic E-state index is 13.2. The van der Waals surface area contributed by atoms with Gasteiger partial charge in [0.1, 0.15) is 11.0 Å². The molecule has 4 aromatic rings. The molecule has 2 aromatic heterocycles. The third-order valence-corrected chi connectivity index (χ3v) is 6.56. The van der Waals surface area contributed by atoms with Gasteiger partial charge < -0.3 is 10.3 Å². The Morgan fingerprint density at radius 3 is 2.53 bits per heavy atom. The van der Waals surface area contributed by atoms with Crippen molar-refractivity contribution in [3.63, 3.8) is 0 Å². The van der Waals surface area contributed by atoms with E-state index in [1.165, 1.54) is 17.3 Å². The summed E-state index contributed by atoms with van der Waals surface area (Å²) < 4.78 is 1.76. The molecule has 2 heterocycles. The Hall–Kier alpha value is -3.32. The Balaban J connectivity index is 1.35. The molecular weight excluding hydrogens is 420 g/mol. The molecule has 32 heavy (non-hydrogen) atoms. The molecule has 6 nitrogen and oxygen atoms in total. The zero-order valence-corrected chi connectivity index (χ0v) is 18.4. The van der Waals surface area contributed by atoms with E-state index < -0.39 is 0 Å². The van der Waals surface area contributed by atoms with Gasteiger partial charge in [-0.25, -0.2) is 4.98 Å². The molecule has 2 aromatic carbocycles. The minimum atomic E-state index is -0.0633.